The fourth-order valence-electron chi connectivity index (χ4n) is 2.63. The molecule has 0 unspecified atom stereocenters. The highest BCUT2D eigenvalue weighted by molar-refractivity contribution is 5.65. The summed E-state index contributed by atoms with van der Waals surface area (Å²) in [6.07, 6.45) is 5.80. The van der Waals surface area contributed by atoms with Gasteiger partial charge < -0.3 is 15.2 Å². The van der Waals surface area contributed by atoms with Crippen molar-refractivity contribution in [2.45, 2.75) is 26.8 Å². The maximum Gasteiger partial charge on any atom is 0.227 e. The van der Waals surface area contributed by atoms with Crippen LogP contribution in [0.2, 0.25) is 0 Å². The molecule has 0 saturated heterocycles. The fraction of sp³-hybridized carbons (Fsp3) is 0.316. The summed E-state index contributed by atoms with van der Waals surface area (Å²) in [6.45, 7) is 4.84. The van der Waals surface area contributed by atoms with Crippen LogP contribution in [0.1, 0.15) is 18.9 Å². The van der Waals surface area contributed by atoms with E-state index in [1.165, 1.54) is 6.07 Å². The highest BCUT2D eigenvalue weighted by Crippen LogP contribution is 2.27. The van der Waals surface area contributed by atoms with Crippen molar-refractivity contribution in [1.82, 2.24) is 19.7 Å². The van der Waals surface area contributed by atoms with Crippen LogP contribution in [0.4, 0.5) is 16.0 Å². The number of aromatic nitrogens is 4. The normalized spacial score (nSPS) is 10.8. The molecule has 8 heteroatoms. The summed E-state index contributed by atoms with van der Waals surface area (Å²) in [7, 11) is 0. The van der Waals surface area contributed by atoms with E-state index < -0.39 is 5.82 Å². The number of anilines is 2. The molecule has 0 aliphatic heterocycles. The van der Waals surface area contributed by atoms with Gasteiger partial charge in [-0.15, -0.1) is 0 Å². The summed E-state index contributed by atoms with van der Waals surface area (Å²) in [6, 6.07) is 4.80. The van der Waals surface area contributed by atoms with E-state index in [1.54, 1.807) is 29.2 Å². The maximum absolute atomic E-state index is 14.2. The van der Waals surface area contributed by atoms with Crippen LogP contribution in [0.25, 0.3) is 11.3 Å². The lowest BCUT2D eigenvalue weighted by Crippen LogP contribution is -2.01. The zero-order chi connectivity index (χ0) is 19.2. The zero-order valence-corrected chi connectivity index (χ0v) is 15.3. The molecular weight excluding hydrogens is 349 g/mol. The van der Waals surface area contributed by atoms with E-state index in [1.807, 2.05) is 20.0 Å². The fourth-order valence-corrected chi connectivity index (χ4v) is 2.63. The number of halogens is 1. The van der Waals surface area contributed by atoms with Gasteiger partial charge in [0.15, 0.2) is 11.6 Å². The minimum atomic E-state index is -0.424. The summed E-state index contributed by atoms with van der Waals surface area (Å²) in [5.41, 5.74) is 2.86. The molecule has 1 aromatic carbocycles. The first-order valence-corrected chi connectivity index (χ1v) is 8.77. The molecule has 7 nitrogen and oxygen atoms in total. The second-order valence-electron chi connectivity index (χ2n) is 6.00. The highest BCUT2D eigenvalue weighted by Gasteiger charge is 2.11. The number of rotatable bonds is 8. The third-order valence-corrected chi connectivity index (χ3v) is 3.91. The summed E-state index contributed by atoms with van der Waals surface area (Å²) < 4.78 is 21.2. The number of aliphatic hydroxyl groups excluding tert-OH is 1. The Morgan fingerprint density at radius 1 is 1.30 bits per heavy atom. The molecule has 2 aromatic heterocycles. The summed E-state index contributed by atoms with van der Waals surface area (Å²) in [4.78, 5) is 8.80. The second-order valence-corrected chi connectivity index (χ2v) is 6.00. The van der Waals surface area contributed by atoms with E-state index in [-0.39, 0.29) is 12.4 Å². The molecule has 3 aromatic rings. The number of hydrogen-bond donors (Lipinski definition) is 2. The average molecular weight is 371 g/mol. The van der Waals surface area contributed by atoms with Gasteiger partial charge in [0, 0.05) is 31.1 Å². The van der Waals surface area contributed by atoms with Crippen molar-refractivity contribution in [3.8, 4) is 17.0 Å². The first-order valence-electron chi connectivity index (χ1n) is 8.77. The molecule has 0 aliphatic carbocycles. The van der Waals surface area contributed by atoms with Crippen molar-refractivity contribution in [1.29, 1.82) is 0 Å². The van der Waals surface area contributed by atoms with Crippen LogP contribution in [-0.2, 0) is 6.54 Å². The van der Waals surface area contributed by atoms with E-state index in [0.29, 0.717) is 36.8 Å². The van der Waals surface area contributed by atoms with Crippen molar-refractivity contribution in [2.75, 3.05) is 18.5 Å². The van der Waals surface area contributed by atoms with Gasteiger partial charge in [0.05, 0.1) is 24.2 Å². The topological polar surface area (TPSA) is 85.1 Å². The minimum Gasteiger partial charge on any atom is -0.491 e. The zero-order valence-electron chi connectivity index (χ0n) is 15.3. The van der Waals surface area contributed by atoms with Crippen molar-refractivity contribution >= 4 is 11.6 Å². The van der Waals surface area contributed by atoms with Gasteiger partial charge in [-0.3, -0.25) is 4.68 Å². The van der Waals surface area contributed by atoms with Gasteiger partial charge in [0.25, 0.3) is 0 Å². The molecule has 0 aliphatic rings. The predicted octanol–water partition coefficient (Wildman–Crippen LogP) is 3.31. The third kappa shape index (κ3) is 4.59. The summed E-state index contributed by atoms with van der Waals surface area (Å²) in [5.74, 6) is 0.195. The SMILES string of the molecule is CCOc1ccc(-c2nc(Nc3cnn(CCCO)c3)ncc2C)cc1F. The van der Waals surface area contributed by atoms with E-state index in [9.17, 15) is 4.39 Å². The first kappa shape index (κ1) is 18.8. The Bertz CT molecular complexity index is 913. The highest BCUT2D eigenvalue weighted by atomic mass is 19.1. The molecule has 142 valence electrons. The van der Waals surface area contributed by atoms with Crippen LogP contribution >= 0.6 is 0 Å². The van der Waals surface area contributed by atoms with Gasteiger partial charge in [-0.2, -0.15) is 5.10 Å². The number of benzene rings is 1. The lowest BCUT2D eigenvalue weighted by Gasteiger charge is -2.10. The molecule has 0 bridgehead atoms. The second kappa shape index (κ2) is 8.59. The maximum atomic E-state index is 14.2. The smallest absolute Gasteiger partial charge is 0.227 e. The Labute approximate surface area is 156 Å². The molecule has 2 N–H and O–H groups in total. The molecule has 27 heavy (non-hydrogen) atoms. The molecule has 0 amide bonds. The van der Waals surface area contributed by atoms with Gasteiger partial charge in [-0.25, -0.2) is 14.4 Å². The quantitative estimate of drug-likeness (QED) is 0.632. The van der Waals surface area contributed by atoms with Crippen LogP contribution < -0.4 is 10.1 Å². The van der Waals surface area contributed by atoms with Crippen LogP contribution in [0, 0.1) is 12.7 Å². The van der Waals surface area contributed by atoms with E-state index >= 15 is 0 Å². The Hall–Kier alpha value is -3.00. The molecule has 0 saturated carbocycles. The van der Waals surface area contributed by atoms with E-state index in [2.05, 4.69) is 20.4 Å². The molecule has 3 rings (SSSR count). The molecule has 0 spiro atoms. The van der Waals surface area contributed by atoms with Crippen LogP contribution in [0.5, 0.6) is 5.75 Å². The summed E-state index contributed by atoms with van der Waals surface area (Å²) >= 11 is 0. The van der Waals surface area contributed by atoms with Crippen molar-refractivity contribution in [2.24, 2.45) is 0 Å². The number of aryl methyl sites for hydroxylation is 2. The van der Waals surface area contributed by atoms with E-state index in [4.69, 9.17) is 9.84 Å². The van der Waals surface area contributed by atoms with E-state index in [0.717, 1.165) is 11.3 Å². The largest absolute Gasteiger partial charge is 0.491 e. The van der Waals surface area contributed by atoms with Crippen LogP contribution in [0.15, 0.2) is 36.8 Å². The lowest BCUT2D eigenvalue weighted by atomic mass is 10.1. The predicted molar refractivity (Wildman–Crippen MR) is 101 cm³/mol. The molecule has 0 atom stereocenters. The van der Waals surface area contributed by atoms with Crippen molar-refractivity contribution in [3.63, 3.8) is 0 Å². The van der Waals surface area contributed by atoms with Crippen LogP contribution in [-0.4, -0.2) is 38.1 Å². The Morgan fingerprint density at radius 2 is 2.15 bits per heavy atom. The van der Waals surface area contributed by atoms with Crippen LogP contribution in [0.3, 0.4) is 0 Å². The molecule has 0 fully saturated rings. The monoisotopic (exact) mass is 371 g/mol. The first-order chi connectivity index (χ1) is 13.1. The number of aliphatic hydroxyl groups is 1. The standard InChI is InChI=1S/C19H22FN5O2/c1-3-27-17-6-5-14(9-16(17)20)18-13(2)10-21-19(24-18)23-15-11-22-25(12-15)7-4-8-26/h5-6,9-12,26H,3-4,7-8H2,1-2H3,(H,21,23,24). The van der Waals surface area contributed by atoms with Gasteiger partial charge in [-0.1, -0.05) is 0 Å². The Morgan fingerprint density at radius 3 is 2.89 bits per heavy atom. The minimum absolute atomic E-state index is 0.117. The number of nitrogens with zero attached hydrogens (tertiary/aromatic N) is 4. The number of ether oxygens (including phenoxy) is 1. The lowest BCUT2D eigenvalue weighted by molar-refractivity contribution is 0.277. The molecular formula is C19H22FN5O2. The van der Waals surface area contributed by atoms with Crippen molar-refractivity contribution < 1.29 is 14.2 Å². The van der Waals surface area contributed by atoms with Gasteiger partial charge in [0.2, 0.25) is 5.95 Å². The van der Waals surface area contributed by atoms with Gasteiger partial charge in [0.1, 0.15) is 0 Å². The molecule has 2 heterocycles. The Balaban J connectivity index is 1.82. The molecule has 0 radical (unpaired) electrons. The average Bonchev–Trinajstić information content (AvgIpc) is 3.11. The van der Waals surface area contributed by atoms with Gasteiger partial charge in [-0.05, 0) is 44.0 Å². The van der Waals surface area contributed by atoms with Gasteiger partial charge >= 0.3 is 0 Å². The third-order valence-electron chi connectivity index (χ3n) is 3.91. The number of nitrogens with one attached hydrogen (secondary N) is 1. The van der Waals surface area contributed by atoms with Crippen molar-refractivity contribution in [3.05, 3.63) is 48.2 Å². The number of hydrogen-bond acceptors (Lipinski definition) is 6. The Kier molecular flexibility index (Phi) is 5.97. The summed E-state index contributed by atoms with van der Waals surface area (Å²) in [5, 5.41) is 16.2.